The van der Waals surface area contributed by atoms with E-state index < -0.39 is 0 Å². The number of aliphatic hydroxyl groups excluding tert-OH is 1. The highest BCUT2D eigenvalue weighted by molar-refractivity contribution is 9.10. The molecule has 6 heteroatoms. The maximum atomic E-state index is 9.87. The average molecular weight is 301 g/mol. The molecule has 2 rings (SSSR count). The smallest absolute Gasteiger partial charge is 0.224 e. The van der Waals surface area contributed by atoms with Crippen LogP contribution in [0.5, 0.6) is 0 Å². The van der Waals surface area contributed by atoms with Gasteiger partial charge in [-0.1, -0.05) is 12.8 Å². The first-order chi connectivity index (χ1) is 8.20. The summed E-state index contributed by atoms with van der Waals surface area (Å²) in [6, 6.07) is 0.0645. The molecule has 94 valence electrons. The van der Waals surface area contributed by atoms with E-state index in [-0.39, 0.29) is 12.1 Å². The normalized spacial score (nSPS) is 24.4. The van der Waals surface area contributed by atoms with Crippen molar-refractivity contribution >= 4 is 27.7 Å². The molecule has 0 radical (unpaired) electrons. The Hall–Kier alpha value is -0.880. The van der Waals surface area contributed by atoms with Crippen LogP contribution in [0.3, 0.4) is 0 Å². The van der Waals surface area contributed by atoms with E-state index in [0.717, 1.165) is 36.0 Å². The van der Waals surface area contributed by atoms with Crippen LogP contribution in [0.4, 0.5) is 11.8 Å². The summed E-state index contributed by atoms with van der Waals surface area (Å²) in [5.74, 6) is 1.30. The molecule has 0 amide bonds. The Morgan fingerprint density at radius 3 is 2.88 bits per heavy atom. The van der Waals surface area contributed by atoms with E-state index in [1.54, 1.807) is 6.20 Å². The van der Waals surface area contributed by atoms with Gasteiger partial charge in [0.05, 0.1) is 16.6 Å². The highest BCUT2D eigenvalue weighted by atomic mass is 79.9. The number of aliphatic hydroxyl groups is 1. The van der Waals surface area contributed by atoms with Crippen molar-refractivity contribution in [3.63, 3.8) is 0 Å². The summed E-state index contributed by atoms with van der Waals surface area (Å²) in [4.78, 5) is 8.52. The van der Waals surface area contributed by atoms with Crippen molar-refractivity contribution in [3.05, 3.63) is 10.7 Å². The number of aromatic nitrogens is 2. The fraction of sp³-hybridized carbons (Fsp3) is 0.636. The number of halogens is 1. The van der Waals surface area contributed by atoms with Gasteiger partial charge in [-0.05, 0) is 28.8 Å². The van der Waals surface area contributed by atoms with Gasteiger partial charge in [-0.25, -0.2) is 4.98 Å². The van der Waals surface area contributed by atoms with Gasteiger partial charge >= 0.3 is 0 Å². The van der Waals surface area contributed by atoms with Crippen LogP contribution in [0.25, 0.3) is 0 Å². The summed E-state index contributed by atoms with van der Waals surface area (Å²) < 4.78 is 0.828. The van der Waals surface area contributed by atoms with Gasteiger partial charge in [0, 0.05) is 13.2 Å². The maximum absolute atomic E-state index is 9.87. The molecule has 3 N–H and O–H groups in total. The summed E-state index contributed by atoms with van der Waals surface area (Å²) in [5.41, 5.74) is 0. The molecule has 1 aliphatic rings. The number of nitrogens with zero attached hydrogens (tertiary/aromatic N) is 2. The Labute approximate surface area is 109 Å². The molecule has 5 nitrogen and oxygen atoms in total. The highest BCUT2D eigenvalue weighted by Crippen LogP contribution is 2.23. The summed E-state index contributed by atoms with van der Waals surface area (Å²) in [6.45, 7) is 0. The van der Waals surface area contributed by atoms with Gasteiger partial charge in [0.15, 0.2) is 0 Å². The molecule has 0 bridgehead atoms. The van der Waals surface area contributed by atoms with Gasteiger partial charge in [-0.2, -0.15) is 4.98 Å². The van der Waals surface area contributed by atoms with Crippen molar-refractivity contribution in [2.24, 2.45) is 0 Å². The van der Waals surface area contributed by atoms with E-state index in [2.05, 4.69) is 36.5 Å². The fourth-order valence-corrected chi connectivity index (χ4v) is 2.45. The molecule has 1 aromatic rings. The van der Waals surface area contributed by atoms with Gasteiger partial charge in [0.25, 0.3) is 0 Å². The summed E-state index contributed by atoms with van der Waals surface area (Å²) in [7, 11) is 1.81. The zero-order valence-corrected chi connectivity index (χ0v) is 11.4. The van der Waals surface area contributed by atoms with Gasteiger partial charge in [-0.15, -0.1) is 0 Å². The van der Waals surface area contributed by atoms with E-state index in [9.17, 15) is 5.11 Å². The molecule has 0 saturated heterocycles. The summed E-state index contributed by atoms with van der Waals surface area (Å²) in [6.07, 6.45) is 5.47. The number of hydrogen-bond acceptors (Lipinski definition) is 5. The van der Waals surface area contributed by atoms with Crippen molar-refractivity contribution in [3.8, 4) is 0 Å². The Morgan fingerprint density at radius 1 is 1.41 bits per heavy atom. The second-order valence-electron chi connectivity index (χ2n) is 4.24. The minimum atomic E-state index is -0.297. The molecule has 1 saturated carbocycles. The van der Waals surface area contributed by atoms with Crippen molar-refractivity contribution in [1.29, 1.82) is 0 Å². The lowest BCUT2D eigenvalue weighted by atomic mass is 9.93. The number of nitrogens with one attached hydrogen (secondary N) is 2. The van der Waals surface area contributed by atoms with E-state index >= 15 is 0 Å². The fourth-order valence-electron chi connectivity index (χ4n) is 2.06. The SMILES string of the molecule is CNc1nc(N[C@H]2CCCC[C@@H]2O)ncc1Br. The first kappa shape index (κ1) is 12.6. The molecule has 0 unspecified atom stereocenters. The maximum Gasteiger partial charge on any atom is 0.224 e. The monoisotopic (exact) mass is 300 g/mol. The van der Waals surface area contributed by atoms with Gasteiger partial charge in [-0.3, -0.25) is 0 Å². The predicted octanol–water partition coefficient (Wildman–Crippen LogP) is 2.00. The predicted molar refractivity (Wildman–Crippen MR) is 71.2 cm³/mol. The Morgan fingerprint density at radius 2 is 2.18 bits per heavy atom. The first-order valence-electron chi connectivity index (χ1n) is 5.85. The minimum absolute atomic E-state index is 0.0645. The van der Waals surface area contributed by atoms with Crippen molar-refractivity contribution in [2.45, 2.75) is 37.8 Å². The third-order valence-electron chi connectivity index (χ3n) is 3.02. The zero-order valence-electron chi connectivity index (χ0n) is 9.78. The molecule has 17 heavy (non-hydrogen) atoms. The Balaban J connectivity index is 2.07. The third kappa shape index (κ3) is 3.07. The number of hydrogen-bond donors (Lipinski definition) is 3. The number of anilines is 2. The Kier molecular flexibility index (Phi) is 4.17. The van der Waals surface area contributed by atoms with Gasteiger partial charge < -0.3 is 15.7 Å². The molecule has 0 spiro atoms. The molecule has 1 fully saturated rings. The van der Waals surface area contributed by atoms with Crippen LogP contribution in [0.15, 0.2) is 10.7 Å². The lowest BCUT2D eigenvalue weighted by Gasteiger charge is -2.28. The van der Waals surface area contributed by atoms with E-state index in [1.165, 1.54) is 0 Å². The molecular weight excluding hydrogens is 284 g/mol. The quantitative estimate of drug-likeness (QED) is 0.796. The summed E-state index contributed by atoms with van der Waals surface area (Å²) >= 11 is 3.36. The average Bonchev–Trinajstić information content (AvgIpc) is 2.34. The van der Waals surface area contributed by atoms with Crippen molar-refractivity contribution < 1.29 is 5.11 Å². The van der Waals surface area contributed by atoms with Crippen LogP contribution in [-0.2, 0) is 0 Å². The highest BCUT2D eigenvalue weighted by Gasteiger charge is 2.23. The van der Waals surface area contributed by atoms with Crippen LogP contribution in [0, 0.1) is 0 Å². The van der Waals surface area contributed by atoms with E-state index in [0.29, 0.717) is 5.95 Å². The number of rotatable bonds is 3. The molecule has 1 aliphatic carbocycles. The van der Waals surface area contributed by atoms with Crippen molar-refractivity contribution in [1.82, 2.24) is 9.97 Å². The van der Waals surface area contributed by atoms with Crippen LogP contribution >= 0.6 is 15.9 Å². The third-order valence-corrected chi connectivity index (χ3v) is 3.61. The van der Waals surface area contributed by atoms with Crippen LogP contribution < -0.4 is 10.6 Å². The summed E-state index contributed by atoms with van der Waals surface area (Å²) in [5, 5.41) is 16.1. The topological polar surface area (TPSA) is 70.1 Å². The lowest BCUT2D eigenvalue weighted by Crippen LogP contribution is -2.36. The van der Waals surface area contributed by atoms with Crippen LogP contribution in [0.1, 0.15) is 25.7 Å². The molecule has 2 atom stereocenters. The van der Waals surface area contributed by atoms with Crippen LogP contribution in [0.2, 0.25) is 0 Å². The second-order valence-corrected chi connectivity index (χ2v) is 5.10. The molecule has 0 aliphatic heterocycles. The molecular formula is C11H17BrN4O. The molecule has 1 aromatic heterocycles. The molecule has 1 heterocycles. The van der Waals surface area contributed by atoms with Crippen molar-refractivity contribution in [2.75, 3.05) is 17.7 Å². The van der Waals surface area contributed by atoms with Gasteiger partial charge in [0.1, 0.15) is 5.82 Å². The standard InChI is InChI=1S/C11H17BrN4O/c1-13-10-7(12)6-14-11(16-10)15-8-4-2-3-5-9(8)17/h6,8-9,17H,2-5H2,1H3,(H2,13,14,15,16)/t8-,9-/m0/s1. The Bertz CT molecular complexity index is 388. The van der Waals surface area contributed by atoms with E-state index in [1.807, 2.05) is 7.05 Å². The second kappa shape index (κ2) is 5.64. The van der Waals surface area contributed by atoms with Gasteiger partial charge in [0.2, 0.25) is 5.95 Å². The zero-order chi connectivity index (χ0) is 12.3. The first-order valence-corrected chi connectivity index (χ1v) is 6.65. The van der Waals surface area contributed by atoms with E-state index in [4.69, 9.17) is 0 Å². The van der Waals surface area contributed by atoms with Crippen LogP contribution in [-0.4, -0.2) is 34.3 Å². The largest absolute Gasteiger partial charge is 0.391 e. The lowest BCUT2D eigenvalue weighted by molar-refractivity contribution is 0.116. The molecule has 0 aromatic carbocycles. The minimum Gasteiger partial charge on any atom is -0.391 e.